The lowest BCUT2D eigenvalue weighted by molar-refractivity contribution is -0.137. The van der Waals surface area contributed by atoms with Gasteiger partial charge in [-0.15, -0.1) is 0 Å². The Morgan fingerprint density at radius 2 is 1.76 bits per heavy atom. The molecule has 0 heterocycles. The van der Waals surface area contributed by atoms with Crippen LogP contribution >= 0.6 is 0 Å². The molecular weight excluding hydrogens is 281 g/mol. The van der Waals surface area contributed by atoms with Crippen molar-refractivity contribution in [2.75, 3.05) is 5.32 Å². The third-order valence-corrected chi connectivity index (χ3v) is 3.10. The summed E-state index contributed by atoms with van der Waals surface area (Å²) in [6.45, 7) is 5.63. The van der Waals surface area contributed by atoms with Crippen molar-refractivity contribution in [3.05, 3.63) is 29.8 Å². The first kappa shape index (κ1) is 17.3. The number of rotatable bonds is 6. The van der Waals surface area contributed by atoms with Gasteiger partial charge >= 0.3 is 6.18 Å². The first-order chi connectivity index (χ1) is 9.74. The van der Waals surface area contributed by atoms with Gasteiger partial charge in [-0.3, -0.25) is 4.79 Å². The van der Waals surface area contributed by atoms with Gasteiger partial charge in [-0.25, -0.2) is 0 Å². The average Bonchev–Trinajstić information content (AvgIpc) is 2.38. The molecule has 0 bridgehead atoms. The fourth-order valence-corrected chi connectivity index (χ4v) is 1.94. The molecule has 0 aliphatic rings. The number of anilines is 1. The van der Waals surface area contributed by atoms with E-state index in [1.54, 1.807) is 6.92 Å². The van der Waals surface area contributed by atoms with Crippen molar-refractivity contribution in [3.63, 3.8) is 0 Å². The summed E-state index contributed by atoms with van der Waals surface area (Å²) in [4.78, 5) is 11.9. The summed E-state index contributed by atoms with van der Waals surface area (Å²) in [6.07, 6.45) is -2.49. The zero-order valence-corrected chi connectivity index (χ0v) is 12.4. The molecule has 0 aromatic heterocycles. The normalized spacial score (nSPS) is 14.4. The van der Waals surface area contributed by atoms with Crippen LogP contribution in [0.25, 0.3) is 0 Å². The molecule has 0 fully saturated rings. The molecule has 2 atom stereocenters. The number of carbonyl (C=O) groups is 1. The fraction of sp³-hybridized carbons (Fsp3) is 0.533. The second-order valence-corrected chi connectivity index (χ2v) is 5.14. The van der Waals surface area contributed by atoms with Crippen LogP contribution in [-0.4, -0.2) is 18.0 Å². The van der Waals surface area contributed by atoms with Crippen molar-refractivity contribution in [3.8, 4) is 0 Å². The van der Waals surface area contributed by atoms with E-state index >= 15 is 0 Å². The van der Waals surface area contributed by atoms with Gasteiger partial charge in [-0.05, 0) is 44.5 Å². The first-order valence-corrected chi connectivity index (χ1v) is 6.98. The van der Waals surface area contributed by atoms with Crippen molar-refractivity contribution in [1.82, 2.24) is 5.32 Å². The Balaban J connectivity index is 2.58. The van der Waals surface area contributed by atoms with Gasteiger partial charge in [0.15, 0.2) is 0 Å². The number of halogens is 3. The molecule has 0 spiro atoms. The molecular formula is C15H21F3N2O. The summed E-state index contributed by atoms with van der Waals surface area (Å²) in [7, 11) is 0. The Morgan fingerprint density at radius 3 is 2.24 bits per heavy atom. The van der Waals surface area contributed by atoms with Gasteiger partial charge < -0.3 is 10.6 Å². The lowest BCUT2D eigenvalue weighted by Gasteiger charge is -2.19. The zero-order valence-electron chi connectivity index (χ0n) is 12.4. The molecule has 6 heteroatoms. The van der Waals surface area contributed by atoms with Crippen LogP contribution in [0.1, 0.15) is 39.2 Å². The van der Waals surface area contributed by atoms with Crippen LogP contribution in [0, 0.1) is 0 Å². The molecule has 1 aromatic carbocycles. The van der Waals surface area contributed by atoms with Crippen molar-refractivity contribution in [1.29, 1.82) is 0 Å². The van der Waals surface area contributed by atoms with Gasteiger partial charge in [0.05, 0.1) is 5.56 Å². The number of hydrogen-bond donors (Lipinski definition) is 2. The number of alkyl halides is 3. The number of hydrogen-bond acceptors (Lipinski definition) is 2. The van der Waals surface area contributed by atoms with Gasteiger partial charge in [-0.2, -0.15) is 13.2 Å². The Morgan fingerprint density at radius 1 is 1.19 bits per heavy atom. The fourth-order valence-electron chi connectivity index (χ4n) is 1.94. The monoisotopic (exact) mass is 302 g/mol. The van der Waals surface area contributed by atoms with Crippen molar-refractivity contribution in [2.24, 2.45) is 0 Å². The summed E-state index contributed by atoms with van der Waals surface area (Å²) in [5.41, 5.74) is -0.226. The molecule has 0 aliphatic heterocycles. The minimum absolute atomic E-state index is 0.0827. The molecule has 0 radical (unpaired) electrons. The standard InChI is InChI=1S/C15H21F3N2O/c1-4-5-10(2)19-14(21)11(3)20-13-8-6-12(7-9-13)15(16,17)18/h6-11,20H,4-5H2,1-3H3,(H,19,21). The smallest absolute Gasteiger partial charge is 0.374 e. The van der Waals surface area contributed by atoms with Crippen molar-refractivity contribution >= 4 is 11.6 Å². The van der Waals surface area contributed by atoms with Gasteiger partial charge in [0, 0.05) is 11.7 Å². The van der Waals surface area contributed by atoms with Crippen LogP contribution < -0.4 is 10.6 Å². The zero-order chi connectivity index (χ0) is 16.0. The Hall–Kier alpha value is -1.72. The van der Waals surface area contributed by atoms with Gasteiger partial charge in [-0.1, -0.05) is 13.3 Å². The van der Waals surface area contributed by atoms with E-state index in [4.69, 9.17) is 0 Å². The van der Waals surface area contributed by atoms with Crippen LogP contribution in [-0.2, 0) is 11.0 Å². The quantitative estimate of drug-likeness (QED) is 0.839. The van der Waals surface area contributed by atoms with Gasteiger partial charge in [0.1, 0.15) is 6.04 Å². The largest absolute Gasteiger partial charge is 0.416 e. The second-order valence-electron chi connectivity index (χ2n) is 5.14. The predicted octanol–water partition coefficient (Wildman–Crippen LogP) is 3.81. The molecule has 118 valence electrons. The maximum Gasteiger partial charge on any atom is 0.416 e. The van der Waals surface area contributed by atoms with Gasteiger partial charge in [0.25, 0.3) is 0 Å². The lowest BCUT2D eigenvalue weighted by Crippen LogP contribution is -2.42. The third-order valence-electron chi connectivity index (χ3n) is 3.10. The highest BCUT2D eigenvalue weighted by atomic mass is 19.4. The SMILES string of the molecule is CCCC(C)NC(=O)C(C)Nc1ccc(C(F)(F)F)cc1. The van der Waals surface area contributed by atoms with Crippen LogP contribution in [0.4, 0.5) is 18.9 Å². The topological polar surface area (TPSA) is 41.1 Å². The lowest BCUT2D eigenvalue weighted by atomic mass is 10.1. The summed E-state index contributed by atoms with van der Waals surface area (Å²) in [5.74, 6) is -0.171. The summed E-state index contributed by atoms with van der Waals surface area (Å²) >= 11 is 0. The first-order valence-electron chi connectivity index (χ1n) is 6.98. The summed E-state index contributed by atoms with van der Waals surface area (Å²) in [5, 5.41) is 5.74. The van der Waals surface area contributed by atoms with Gasteiger partial charge in [0.2, 0.25) is 5.91 Å². The van der Waals surface area contributed by atoms with E-state index in [1.165, 1.54) is 12.1 Å². The maximum absolute atomic E-state index is 12.4. The second kappa shape index (κ2) is 7.33. The van der Waals surface area contributed by atoms with Crippen LogP contribution in [0.2, 0.25) is 0 Å². The van der Waals surface area contributed by atoms with E-state index < -0.39 is 17.8 Å². The number of carbonyl (C=O) groups excluding carboxylic acids is 1. The van der Waals surface area contributed by atoms with Crippen molar-refractivity contribution in [2.45, 2.75) is 51.9 Å². The molecule has 2 unspecified atom stereocenters. The highest BCUT2D eigenvalue weighted by Gasteiger charge is 2.30. The molecule has 3 nitrogen and oxygen atoms in total. The molecule has 0 saturated carbocycles. The predicted molar refractivity (Wildman–Crippen MR) is 77.0 cm³/mol. The molecule has 1 amide bonds. The van der Waals surface area contributed by atoms with E-state index in [0.29, 0.717) is 5.69 Å². The summed E-state index contributed by atoms with van der Waals surface area (Å²) in [6, 6.07) is 4.20. The van der Waals surface area contributed by atoms with E-state index in [1.807, 2.05) is 13.8 Å². The molecule has 2 N–H and O–H groups in total. The molecule has 21 heavy (non-hydrogen) atoms. The molecule has 0 aliphatic carbocycles. The van der Waals surface area contributed by atoms with Crippen LogP contribution in [0.5, 0.6) is 0 Å². The summed E-state index contributed by atoms with van der Waals surface area (Å²) < 4.78 is 37.3. The number of benzene rings is 1. The average molecular weight is 302 g/mol. The number of nitrogens with one attached hydrogen (secondary N) is 2. The Labute approximate surface area is 122 Å². The van der Waals surface area contributed by atoms with Crippen molar-refractivity contribution < 1.29 is 18.0 Å². The Kier molecular flexibility index (Phi) is 6.05. The molecule has 1 rings (SSSR count). The Bertz CT molecular complexity index is 457. The minimum Gasteiger partial charge on any atom is -0.374 e. The maximum atomic E-state index is 12.4. The molecule has 1 aromatic rings. The van der Waals surface area contributed by atoms with Crippen LogP contribution in [0.15, 0.2) is 24.3 Å². The van der Waals surface area contributed by atoms with E-state index in [-0.39, 0.29) is 11.9 Å². The van der Waals surface area contributed by atoms with E-state index in [0.717, 1.165) is 25.0 Å². The van der Waals surface area contributed by atoms with E-state index in [9.17, 15) is 18.0 Å². The highest BCUT2D eigenvalue weighted by Crippen LogP contribution is 2.29. The van der Waals surface area contributed by atoms with Crippen LogP contribution in [0.3, 0.4) is 0 Å². The number of amides is 1. The highest BCUT2D eigenvalue weighted by molar-refractivity contribution is 5.84. The van der Waals surface area contributed by atoms with E-state index in [2.05, 4.69) is 10.6 Å². The minimum atomic E-state index is -4.35. The third kappa shape index (κ3) is 5.65. The molecule has 0 saturated heterocycles.